The van der Waals surface area contributed by atoms with Crippen molar-refractivity contribution in [3.05, 3.63) is 0 Å². The van der Waals surface area contributed by atoms with E-state index in [0.717, 1.165) is 32.2 Å². The second-order valence-corrected chi connectivity index (χ2v) is 10.4. The highest BCUT2D eigenvalue weighted by Gasteiger charge is 2.32. The van der Waals surface area contributed by atoms with Gasteiger partial charge in [-0.15, -0.1) is 0 Å². The van der Waals surface area contributed by atoms with Gasteiger partial charge in [-0.1, -0.05) is 34.6 Å². The van der Waals surface area contributed by atoms with Gasteiger partial charge < -0.3 is 16.4 Å². The molecule has 0 fully saturated rings. The minimum absolute atomic E-state index is 0.0425. The Morgan fingerprint density at radius 2 is 1.33 bits per heavy atom. The fourth-order valence-electron chi connectivity index (χ4n) is 2.50. The topological polar surface area (TPSA) is 67.2 Å². The van der Waals surface area contributed by atoms with Gasteiger partial charge >= 0.3 is 0 Å². The largest absolute Gasteiger partial charge is 0.351 e. The van der Waals surface area contributed by atoms with Crippen molar-refractivity contribution < 1.29 is 4.79 Å². The van der Waals surface area contributed by atoms with Gasteiger partial charge in [-0.3, -0.25) is 4.79 Å². The first kappa shape index (κ1) is 23.4. The molecule has 0 aliphatic carbocycles. The highest BCUT2D eigenvalue weighted by molar-refractivity contribution is 5.82. The zero-order valence-electron chi connectivity index (χ0n) is 17.7. The molecule has 0 atom stereocenters. The maximum atomic E-state index is 12.7. The number of amides is 1. The van der Waals surface area contributed by atoms with Gasteiger partial charge in [-0.2, -0.15) is 0 Å². The number of hydrogen-bond donors (Lipinski definition) is 3. The molecular formula is C20H43N3O. The minimum atomic E-state index is -0.337. The molecule has 0 bridgehead atoms. The molecule has 144 valence electrons. The molecule has 0 rings (SSSR count). The van der Waals surface area contributed by atoms with Crippen molar-refractivity contribution in [2.45, 2.75) is 99.1 Å². The van der Waals surface area contributed by atoms with Crippen LogP contribution in [0.3, 0.4) is 0 Å². The SMILES string of the molecule is CC(C)(C)CCC(C)(C)C(=O)NC(C)(C)CCNC(C)(C)CCN. The summed E-state index contributed by atoms with van der Waals surface area (Å²) in [5.41, 5.74) is 5.39. The smallest absolute Gasteiger partial charge is 0.226 e. The molecule has 0 saturated carbocycles. The summed E-state index contributed by atoms with van der Waals surface area (Å²) in [6.45, 7) is 20.8. The maximum absolute atomic E-state index is 12.7. The van der Waals surface area contributed by atoms with Crippen LogP contribution in [-0.2, 0) is 4.79 Å². The van der Waals surface area contributed by atoms with E-state index in [1.54, 1.807) is 0 Å². The summed E-state index contributed by atoms with van der Waals surface area (Å²) in [7, 11) is 0. The second-order valence-electron chi connectivity index (χ2n) is 10.4. The molecule has 0 aromatic rings. The van der Waals surface area contributed by atoms with Crippen LogP contribution in [0.1, 0.15) is 88.0 Å². The fraction of sp³-hybridized carbons (Fsp3) is 0.950. The first-order chi connectivity index (χ1) is 10.6. The molecule has 0 aliphatic heterocycles. The van der Waals surface area contributed by atoms with E-state index >= 15 is 0 Å². The predicted octanol–water partition coefficient (Wildman–Crippen LogP) is 3.84. The highest BCUT2D eigenvalue weighted by atomic mass is 16.2. The lowest BCUT2D eigenvalue weighted by molar-refractivity contribution is -0.131. The Kier molecular flexibility index (Phi) is 8.44. The normalized spacial score (nSPS) is 13.9. The van der Waals surface area contributed by atoms with Gasteiger partial charge in [0.2, 0.25) is 5.91 Å². The zero-order valence-corrected chi connectivity index (χ0v) is 17.7. The van der Waals surface area contributed by atoms with Gasteiger partial charge in [-0.05, 0) is 71.9 Å². The van der Waals surface area contributed by atoms with Crippen molar-refractivity contribution in [1.29, 1.82) is 0 Å². The Morgan fingerprint density at radius 1 is 0.792 bits per heavy atom. The number of hydrogen-bond acceptors (Lipinski definition) is 3. The quantitative estimate of drug-likeness (QED) is 0.565. The van der Waals surface area contributed by atoms with Gasteiger partial charge in [0.25, 0.3) is 0 Å². The van der Waals surface area contributed by atoms with E-state index < -0.39 is 0 Å². The van der Waals surface area contributed by atoms with E-state index in [9.17, 15) is 4.79 Å². The van der Waals surface area contributed by atoms with Gasteiger partial charge in [-0.25, -0.2) is 0 Å². The number of nitrogens with two attached hydrogens (primary N) is 1. The molecule has 0 aromatic carbocycles. The van der Waals surface area contributed by atoms with E-state index in [-0.39, 0.29) is 27.8 Å². The van der Waals surface area contributed by atoms with Crippen LogP contribution in [0.5, 0.6) is 0 Å². The molecule has 4 N–H and O–H groups in total. The molecule has 4 heteroatoms. The molecule has 1 amide bonds. The Morgan fingerprint density at radius 3 is 1.79 bits per heavy atom. The lowest BCUT2D eigenvalue weighted by Gasteiger charge is -2.34. The van der Waals surface area contributed by atoms with Crippen LogP contribution in [0.4, 0.5) is 0 Å². The summed E-state index contributed by atoms with van der Waals surface area (Å²) in [6.07, 6.45) is 3.78. The first-order valence-corrected chi connectivity index (χ1v) is 9.38. The summed E-state index contributed by atoms with van der Waals surface area (Å²) in [5.74, 6) is 0.151. The monoisotopic (exact) mass is 341 g/mol. The molecule has 4 nitrogen and oxygen atoms in total. The van der Waals surface area contributed by atoms with E-state index in [2.05, 4.69) is 59.1 Å². The number of rotatable bonds is 10. The van der Waals surface area contributed by atoms with Crippen LogP contribution in [-0.4, -0.2) is 30.1 Å². The third-order valence-corrected chi connectivity index (χ3v) is 4.69. The third kappa shape index (κ3) is 10.3. The van der Waals surface area contributed by atoms with E-state index in [1.807, 2.05) is 13.8 Å². The molecule has 0 heterocycles. The third-order valence-electron chi connectivity index (χ3n) is 4.69. The van der Waals surface area contributed by atoms with Crippen molar-refractivity contribution in [1.82, 2.24) is 10.6 Å². The minimum Gasteiger partial charge on any atom is -0.351 e. The molecular weight excluding hydrogens is 298 g/mol. The summed E-state index contributed by atoms with van der Waals surface area (Å²) in [6, 6.07) is 0. The van der Waals surface area contributed by atoms with Crippen molar-refractivity contribution in [2.24, 2.45) is 16.6 Å². The average Bonchev–Trinajstić information content (AvgIpc) is 2.34. The van der Waals surface area contributed by atoms with Gasteiger partial charge in [0.1, 0.15) is 0 Å². The van der Waals surface area contributed by atoms with Crippen molar-refractivity contribution in [3.63, 3.8) is 0 Å². The molecule has 0 unspecified atom stereocenters. The van der Waals surface area contributed by atoms with Crippen LogP contribution >= 0.6 is 0 Å². The van der Waals surface area contributed by atoms with Gasteiger partial charge in [0, 0.05) is 16.5 Å². The number of carbonyl (C=O) groups excluding carboxylic acids is 1. The molecule has 0 aliphatic rings. The van der Waals surface area contributed by atoms with Crippen LogP contribution in [0.2, 0.25) is 0 Å². The standard InChI is InChI=1S/C20H43N3O/c1-17(2,3)10-11-18(4,5)16(24)23-20(8,9)13-15-22-19(6,7)12-14-21/h22H,10-15,21H2,1-9H3,(H,23,24). The molecule has 0 saturated heterocycles. The molecule has 0 aromatic heterocycles. The Bertz CT molecular complexity index is 392. The first-order valence-electron chi connectivity index (χ1n) is 9.38. The lowest BCUT2D eigenvalue weighted by Crippen LogP contribution is -2.51. The highest BCUT2D eigenvalue weighted by Crippen LogP contribution is 2.31. The van der Waals surface area contributed by atoms with E-state index in [4.69, 9.17) is 5.73 Å². The van der Waals surface area contributed by atoms with Crippen molar-refractivity contribution >= 4 is 5.91 Å². The Balaban J connectivity index is 4.49. The van der Waals surface area contributed by atoms with Crippen molar-refractivity contribution in [2.75, 3.05) is 13.1 Å². The second kappa shape index (κ2) is 8.66. The van der Waals surface area contributed by atoms with Gasteiger partial charge in [0.05, 0.1) is 0 Å². The number of nitrogens with one attached hydrogen (secondary N) is 2. The van der Waals surface area contributed by atoms with Crippen molar-refractivity contribution in [3.8, 4) is 0 Å². The number of carbonyl (C=O) groups is 1. The molecule has 0 spiro atoms. The van der Waals surface area contributed by atoms with Crippen LogP contribution in [0.15, 0.2) is 0 Å². The van der Waals surface area contributed by atoms with Gasteiger partial charge in [0.15, 0.2) is 0 Å². The van der Waals surface area contributed by atoms with E-state index in [0.29, 0.717) is 6.54 Å². The predicted molar refractivity (Wildman–Crippen MR) is 105 cm³/mol. The maximum Gasteiger partial charge on any atom is 0.226 e. The van der Waals surface area contributed by atoms with E-state index in [1.165, 1.54) is 0 Å². The Labute approximate surface area is 150 Å². The summed E-state index contributed by atoms with van der Waals surface area (Å²) < 4.78 is 0. The fourth-order valence-corrected chi connectivity index (χ4v) is 2.50. The lowest BCUT2D eigenvalue weighted by atomic mass is 9.79. The summed E-state index contributed by atoms with van der Waals surface area (Å²) in [4.78, 5) is 12.7. The molecule has 24 heavy (non-hydrogen) atoms. The molecule has 0 radical (unpaired) electrons. The van der Waals surface area contributed by atoms with Crippen LogP contribution in [0, 0.1) is 10.8 Å². The zero-order chi connectivity index (χ0) is 19.2. The average molecular weight is 342 g/mol. The summed E-state index contributed by atoms with van der Waals surface area (Å²) in [5, 5.41) is 6.79. The summed E-state index contributed by atoms with van der Waals surface area (Å²) >= 11 is 0. The van der Waals surface area contributed by atoms with Crippen LogP contribution < -0.4 is 16.4 Å². The Hall–Kier alpha value is -0.610. The van der Waals surface area contributed by atoms with Crippen LogP contribution in [0.25, 0.3) is 0 Å².